The van der Waals surface area contributed by atoms with Crippen molar-refractivity contribution in [1.82, 2.24) is 4.98 Å². The molecule has 0 saturated heterocycles. The monoisotopic (exact) mass is 296 g/mol. The molecule has 3 nitrogen and oxygen atoms in total. The molecule has 1 aromatic heterocycles. The molecule has 5 heteroatoms. The third-order valence-electron chi connectivity index (χ3n) is 2.89. The Balaban J connectivity index is 2.26. The van der Waals surface area contributed by atoms with E-state index in [1.165, 1.54) is 11.8 Å². The molecule has 0 bridgehead atoms. The van der Waals surface area contributed by atoms with E-state index in [2.05, 4.69) is 4.98 Å². The van der Waals surface area contributed by atoms with Gasteiger partial charge in [-0.15, -0.1) is 0 Å². The number of oxazole rings is 1. The number of halogens is 1. The Morgan fingerprint density at radius 2 is 2.11 bits per heavy atom. The zero-order chi connectivity index (χ0) is 14.0. The maximum atomic E-state index is 6.08. The van der Waals surface area contributed by atoms with Crippen molar-refractivity contribution in [3.63, 3.8) is 0 Å². The third kappa shape index (κ3) is 3.53. The average molecular weight is 297 g/mol. The van der Waals surface area contributed by atoms with Crippen LogP contribution in [-0.2, 0) is 0 Å². The van der Waals surface area contributed by atoms with Gasteiger partial charge in [0.2, 0.25) is 0 Å². The second-order valence-electron chi connectivity index (χ2n) is 4.57. The van der Waals surface area contributed by atoms with Gasteiger partial charge < -0.3 is 10.2 Å². The lowest BCUT2D eigenvalue weighted by Gasteiger charge is -2.19. The van der Waals surface area contributed by atoms with Crippen LogP contribution in [0.1, 0.15) is 29.2 Å². The van der Waals surface area contributed by atoms with E-state index in [-0.39, 0.29) is 11.3 Å². The Labute approximate surface area is 122 Å². The number of aromatic nitrogens is 1. The summed E-state index contributed by atoms with van der Waals surface area (Å²) in [5.74, 6) is 0.844. The summed E-state index contributed by atoms with van der Waals surface area (Å²) in [6, 6.07) is 7.71. The summed E-state index contributed by atoms with van der Waals surface area (Å²) in [7, 11) is 0. The molecule has 2 N–H and O–H groups in total. The summed E-state index contributed by atoms with van der Waals surface area (Å²) in [6.07, 6.45) is 0. The van der Waals surface area contributed by atoms with Gasteiger partial charge in [-0.3, -0.25) is 0 Å². The summed E-state index contributed by atoms with van der Waals surface area (Å²) < 4.78 is 5.61. The molecular weight excluding hydrogens is 280 g/mol. The van der Waals surface area contributed by atoms with Crippen molar-refractivity contribution >= 4 is 23.4 Å². The molecule has 0 radical (unpaired) electrons. The van der Waals surface area contributed by atoms with Gasteiger partial charge in [0.25, 0.3) is 5.22 Å². The Hall–Kier alpha value is -0.970. The molecule has 2 atom stereocenters. The molecule has 19 heavy (non-hydrogen) atoms. The van der Waals surface area contributed by atoms with Crippen LogP contribution in [0.3, 0.4) is 0 Å². The van der Waals surface area contributed by atoms with Gasteiger partial charge in [-0.25, -0.2) is 4.98 Å². The largest absolute Gasteiger partial charge is 0.437 e. The molecule has 1 aromatic carbocycles. The highest BCUT2D eigenvalue weighted by Gasteiger charge is 2.21. The first-order chi connectivity index (χ1) is 8.97. The minimum Gasteiger partial charge on any atom is -0.437 e. The average Bonchev–Trinajstić information content (AvgIpc) is 2.65. The number of hydrogen-bond donors (Lipinski definition) is 1. The minimum atomic E-state index is -0.0315. The number of benzene rings is 1. The van der Waals surface area contributed by atoms with Crippen LogP contribution in [0.25, 0.3) is 0 Å². The van der Waals surface area contributed by atoms with Gasteiger partial charge in [-0.05, 0) is 38.5 Å². The third-order valence-corrected chi connectivity index (χ3v) is 4.46. The van der Waals surface area contributed by atoms with Crippen LogP contribution in [0.5, 0.6) is 0 Å². The van der Waals surface area contributed by atoms with Crippen molar-refractivity contribution in [3.8, 4) is 0 Å². The van der Waals surface area contributed by atoms with E-state index < -0.39 is 0 Å². The molecule has 2 rings (SSSR count). The van der Waals surface area contributed by atoms with Gasteiger partial charge in [0.1, 0.15) is 5.76 Å². The number of nitrogens with two attached hydrogens (primary N) is 1. The zero-order valence-corrected chi connectivity index (χ0v) is 12.8. The Morgan fingerprint density at radius 1 is 1.37 bits per heavy atom. The molecule has 0 aliphatic heterocycles. The van der Waals surface area contributed by atoms with E-state index >= 15 is 0 Å². The van der Waals surface area contributed by atoms with Gasteiger partial charge in [-0.2, -0.15) is 0 Å². The lowest BCUT2D eigenvalue weighted by Crippen LogP contribution is -2.22. The second-order valence-corrected chi connectivity index (χ2v) is 6.10. The normalized spacial score (nSPS) is 14.4. The number of thioether (sulfide) groups is 1. The highest BCUT2D eigenvalue weighted by Crippen LogP contribution is 2.37. The van der Waals surface area contributed by atoms with Gasteiger partial charge in [0, 0.05) is 11.1 Å². The minimum absolute atomic E-state index is 0.0315. The standard InChI is InChI=1S/C14H17ClN2OS/c1-8(16)13(11-5-4-6-12(15)7-11)19-14-17-9(2)10(3)18-14/h4-8,13H,16H2,1-3H3. The maximum absolute atomic E-state index is 6.08. The van der Waals surface area contributed by atoms with Crippen molar-refractivity contribution in [3.05, 3.63) is 46.3 Å². The number of aryl methyl sites for hydroxylation is 2. The topological polar surface area (TPSA) is 52.0 Å². The van der Waals surface area contributed by atoms with E-state index in [1.807, 2.05) is 45.0 Å². The molecule has 2 aromatic rings. The van der Waals surface area contributed by atoms with Crippen LogP contribution >= 0.6 is 23.4 Å². The highest BCUT2D eigenvalue weighted by atomic mass is 35.5. The zero-order valence-electron chi connectivity index (χ0n) is 11.2. The van der Waals surface area contributed by atoms with Crippen LogP contribution in [0, 0.1) is 13.8 Å². The maximum Gasteiger partial charge on any atom is 0.256 e. The van der Waals surface area contributed by atoms with Crippen LogP contribution < -0.4 is 5.73 Å². The lowest BCUT2D eigenvalue weighted by atomic mass is 10.1. The summed E-state index contributed by atoms with van der Waals surface area (Å²) >= 11 is 7.57. The molecule has 0 saturated carbocycles. The van der Waals surface area contributed by atoms with Crippen molar-refractivity contribution in [1.29, 1.82) is 0 Å². The van der Waals surface area contributed by atoms with Gasteiger partial charge in [-0.1, -0.05) is 35.5 Å². The predicted molar refractivity (Wildman–Crippen MR) is 79.7 cm³/mol. The highest BCUT2D eigenvalue weighted by molar-refractivity contribution is 7.99. The van der Waals surface area contributed by atoms with Gasteiger partial charge >= 0.3 is 0 Å². The Morgan fingerprint density at radius 3 is 2.63 bits per heavy atom. The Bertz CT molecular complexity index is 549. The first kappa shape index (κ1) is 14.4. The molecule has 0 spiro atoms. The molecule has 0 aliphatic carbocycles. The second kappa shape index (κ2) is 5.99. The predicted octanol–water partition coefficient (Wildman–Crippen LogP) is 4.13. The fourth-order valence-corrected chi connectivity index (χ4v) is 3.04. The number of rotatable bonds is 4. The van der Waals surface area contributed by atoms with Crippen LogP contribution in [-0.4, -0.2) is 11.0 Å². The van der Waals surface area contributed by atoms with Crippen molar-refractivity contribution in [2.75, 3.05) is 0 Å². The molecule has 1 heterocycles. The first-order valence-corrected chi connectivity index (χ1v) is 7.35. The molecule has 2 unspecified atom stereocenters. The van der Waals surface area contributed by atoms with Gasteiger partial charge in [0.15, 0.2) is 0 Å². The fourth-order valence-electron chi connectivity index (χ4n) is 1.76. The van der Waals surface area contributed by atoms with Crippen LogP contribution in [0.15, 0.2) is 33.9 Å². The molecular formula is C14H17ClN2OS. The summed E-state index contributed by atoms with van der Waals surface area (Å²) in [5.41, 5.74) is 8.08. The van der Waals surface area contributed by atoms with Gasteiger partial charge in [0.05, 0.1) is 10.9 Å². The SMILES string of the molecule is Cc1nc(SC(c2cccc(Cl)c2)C(C)N)oc1C. The van der Waals surface area contributed by atoms with Crippen LogP contribution in [0.4, 0.5) is 0 Å². The van der Waals surface area contributed by atoms with E-state index in [9.17, 15) is 0 Å². The van der Waals surface area contributed by atoms with Crippen molar-refractivity contribution in [2.45, 2.75) is 37.3 Å². The lowest BCUT2D eigenvalue weighted by molar-refractivity contribution is 0.429. The molecule has 0 fully saturated rings. The summed E-state index contributed by atoms with van der Waals surface area (Å²) in [4.78, 5) is 4.39. The van der Waals surface area contributed by atoms with E-state index in [0.717, 1.165) is 17.0 Å². The summed E-state index contributed by atoms with van der Waals surface area (Å²) in [5, 5.41) is 1.43. The molecule has 0 aliphatic rings. The van der Waals surface area contributed by atoms with E-state index in [1.54, 1.807) is 0 Å². The quantitative estimate of drug-likeness (QED) is 0.862. The van der Waals surface area contributed by atoms with Crippen LogP contribution in [0.2, 0.25) is 5.02 Å². The first-order valence-electron chi connectivity index (χ1n) is 6.09. The van der Waals surface area contributed by atoms with Crippen molar-refractivity contribution < 1.29 is 4.42 Å². The summed E-state index contributed by atoms with van der Waals surface area (Å²) in [6.45, 7) is 5.82. The van der Waals surface area contributed by atoms with Crippen molar-refractivity contribution in [2.24, 2.45) is 5.73 Å². The molecule has 0 amide bonds. The Kier molecular flexibility index (Phi) is 4.55. The fraction of sp³-hybridized carbons (Fsp3) is 0.357. The number of nitrogens with zero attached hydrogens (tertiary/aromatic N) is 1. The van der Waals surface area contributed by atoms with E-state index in [0.29, 0.717) is 10.2 Å². The number of hydrogen-bond acceptors (Lipinski definition) is 4. The smallest absolute Gasteiger partial charge is 0.256 e. The molecule has 102 valence electrons. The van der Waals surface area contributed by atoms with E-state index in [4.69, 9.17) is 21.8 Å².